The van der Waals surface area contributed by atoms with Crippen molar-refractivity contribution in [2.45, 2.75) is 29.7 Å². The molecular weight excluding hydrogens is 311 g/mol. The van der Waals surface area contributed by atoms with Crippen molar-refractivity contribution in [3.63, 3.8) is 0 Å². The zero-order chi connectivity index (χ0) is 14.5. The topological polar surface area (TPSA) is 38.9 Å². The SMILES string of the molecule is CCC(N)C(Sc1ccc(Cl)cn1)c1ccccc1Cl. The molecule has 1 aromatic carbocycles. The van der Waals surface area contributed by atoms with Gasteiger partial charge in [0.25, 0.3) is 0 Å². The van der Waals surface area contributed by atoms with E-state index >= 15 is 0 Å². The molecule has 2 rings (SSSR count). The van der Waals surface area contributed by atoms with Gasteiger partial charge < -0.3 is 5.73 Å². The van der Waals surface area contributed by atoms with Crippen LogP contribution in [0.5, 0.6) is 0 Å². The minimum atomic E-state index is 0.0115. The molecule has 0 aliphatic carbocycles. The van der Waals surface area contributed by atoms with E-state index in [0.717, 1.165) is 22.0 Å². The Balaban J connectivity index is 2.29. The molecule has 1 aromatic heterocycles. The maximum Gasteiger partial charge on any atom is 0.0967 e. The van der Waals surface area contributed by atoms with Gasteiger partial charge in [0, 0.05) is 17.3 Å². The Labute approximate surface area is 133 Å². The normalized spacial score (nSPS) is 14.0. The Morgan fingerprint density at radius 1 is 1.20 bits per heavy atom. The molecule has 1 heterocycles. The lowest BCUT2D eigenvalue weighted by Gasteiger charge is -2.23. The number of pyridine rings is 1. The Hall–Kier alpha value is -0.740. The summed E-state index contributed by atoms with van der Waals surface area (Å²) in [5.41, 5.74) is 7.31. The van der Waals surface area contributed by atoms with E-state index in [1.165, 1.54) is 0 Å². The van der Waals surface area contributed by atoms with E-state index in [2.05, 4.69) is 11.9 Å². The van der Waals surface area contributed by atoms with Crippen molar-refractivity contribution in [2.75, 3.05) is 0 Å². The number of halogens is 2. The summed E-state index contributed by atoms with van der Waals surface area (Å²) in [6, 6.07) is 11.6. The average molecular weight is 327 g/mol. The highest BCUT2D eigenvalue weighted by Gasteiger charge is 2.22. The predicted octanol–water partition coefficient (Wildman–Crippen LogP) is 4.96. The summed E-state index contributed by atoms with van der Waals surface area (Å²) in [7, 11) is 0. The molecule has 0 bridgehead atoms. The van der Waals surface area contributed by atoms with Crippen LogP contribution in [0.3, 0.4) is 0 Å². The van der Waals surface area contributed by atoms with Crippen LogP contribution in [0.1, 0.15) is 24.2 Å². The Bertz CT molecular complexity index is 560. The highest BCUT2D eigenvalue weighted by molar-refractivity contribution is 7.99. The van der Waals surface area contributed by atoms with E-state index in [-0.39, 0.29) is 11.3 Å². The molecule has 2 atom stereocenters. The molecule has 2 N–H and O–H groups in total. The van der Waals surface area contributed by atoms with Crippen molar-refractivity contribution < 1.29 is 0 Å². The number of nitrogens with two attached hydrogens (primary N) is 1. The van der Waals surface area contributed by atoms with Gasteiger partial charge in [-0.25, -0.2) is 4.98 Å². The summed E-state index contributed by atoms with van der Waals surface area (Å²) in [4.78, 5) is 4.32. The van der Waals surface area contributed by atoms with Crippen molar-refractivity contribution >= 4 is 35.0 Å². The zero-order valence-corrected chi connectivity index (χ0v) is 13.4. The van der Waals surface area contributed by atoms with Gasteiger partial charge in [-0.2, -0.15) is 0 Å². The minimum absolute atomic E-state index is 0.0115. The Morgan fingerprint density at radius 2 is 1.95 bits per heavy atom. The van der Waals surface area contributed by atoms with Gasteiger partial charge in [0.2, 0.25) is 0 Å². The van der Waals surface area contributed by atoms with Crippen LogP contribution in [0.25, 0.3) is 0 Å². The minimum Gasteiger partial charge on any atom is -0.326 e. The molecule has 0 fully saturated rings. The van der Waals surface area contributed by atoms with Gasteiger partial charge in [-0.05, 0) is 30.2 Å². The number of thioether (sulfide) groups is 1. The molecule has 2 unspecified atom stereocenters. The molecule has 0 radical (unpaired) electrons. The van der Waals surface area contributed by atoms with E-state index in [1.807, 2.05) is 36.4 Å². The van der Waals surface area contributed by atoms with Gasteiger partial charge in [-0.15, -0.1) is 0 Å². The van der Waals surface area contributed by atoms with Crippen molar-refractivity contribution in [1.29, 1.82) is 0 Å². The van der Waals surface area contributed by atoms with Gasteiger partial charge in [0.05, 0.1) is 15.3 Å². The van der Waals surface area contributed by atoms with Crippen LogP contribution < -0.4 is 5.73 Å². The molecular formula is C15H16Cl2N2S. The fraction of sp³-hybridized carbons (Fsp3) is 0.267. The van der Waals surface area contributed by atoms with Crippen LogP contribution in [0, 0.1) is 0 Å². The van der Waals surface area contributed by atoms with Crippen LogP contribution in [0.15, 0.2) is 47.6 Å². The van der Waals surface area contributed by atoms with Gasteiger partial charge in [0.15, 0.2) is 0 Å². The molecule has 0 saturated heterocycles. The first-order valence-electron chi connectivity index (χ1n) is 6.40. The van der Waals surface area contributed by atoms with Crippen LogP contribution in [0.2, 0.25) is 10.0 Å². The Kier molecular flexibility index (Phi) is 5.73. The standard InChI is InChI=1S/C15H16Cl2N2S/c1-2-13(18)15(11-5-3-4-6-12(11)17)20-14-8-7-10(16)9-19-14/h3-9,13,15H,2,18H2,1H3. The van der Waals surface area contributed by atoms with Gasteiger partial charge in [0.1, 0.15) is 0 Å². The molecule has 106 valence electrons. The van der Waals surface area contributed by atoms with Crippen LogP contribution in [0.4, 0.5) is 0 Å². The molecule has 0 aliphatic heterocycles. The maximum absolute atomic E-state index is 6.30. The van der Waals surface area contributed by atoms with Crippen LogP contribution >= 0.6 is 35.0 Å². The average Bonchev–Trinajstić information content (AvgIpc) is 2.47. The van der Waals surface area contributed by atoms with Crippen molar-refractivity contribution in [1.82, 2.24) is 4.98 Å². The lowest BCUT2D eigenvalue weighted by atomic mass is 10.0. The summed E-state index contributed by atoms with van der Waals surface area (Å²) in [5.74, 6) is 0. The van der Waals surface area contributed by atoms with Gasteiger partial charge in [-0.1, -0.05) is 60.1 Å². The fourth-order valence-electron chi connectivity index (χ4n) is 1.86. The second kappa shape index (κ2) is 7.32. The number of benzene rings is 1. The van der Waals surface area contributed by atoms with E-state index in [0.29, 0.717) is 5.02 Å². The lowest BCUT2D eigenvalue weighted by molar-refractivity contribution is 0.633. The first-order valence-corrected chi connectivity index (χ1v) is 8.03. The third-order valence-corrected chi connectivity index (χ3v) is 4.93. The first kappa shape index (κ1) is 15.6. The molecule has 0 amide bonds. The largest absolute Gasteiger partial charge is 0.326 e. The number of hydrogen-bond donors (Lipinski definition) is 1. The summed E-state index contributed by atoms with van der Waals surface area (Å²) in [6.07, 6.45) is 2.52. The number of hydrogen-bond acceptors (Lipinski definition) is 3. The van der Waals surface area contributed by atoms with E-state index in [4.69, 9.17) is 28.9 Å². The lowest BCUT2D eigenvalue weighted by Crippen LogP contribution is -2.25. The highest BCUT2D eigenvalue weighted by Crippen LogP contribution is 2.40. The Morgan fingerprint density at radius 3 is 2.55 bits per heavy atom. The third kappa shape index (κ3) is 3.89. The molecule has 2 aromatic rings. The van der Waals surface area contributed by atoms with Crippen molar-refractivity contribution in [3.8, 4) is 0 Å². The van der Waals surface area contributed by atoms with Crippen LogP contribution in [-0.4, -0.2) is 11.0 Å². The van der Waals surface area contributed by atoms with Gasteiger partial charge >= 0.3 is 0 Å². The molecule has 0 spiro atoms. The van der Waals surface area contributed by atoms with E-state index in [1.54, 1.807) is 18.0 Å². The highest BCUT2D eigenvalue weighted by atomic mass is 35.5. The number of aromatic nitrogens is 1. The molecule has 2 nitrogen and oxygen atoms in total. The summed E-state index contributed by atoms with van der Waals surface area (Å²) >= 11 is 13.8. The summed E-state index contributed by atoms with van der Waals surface area (Å²) < 4.78 is 0. The molecule has 20 heavy (non-hydrogen) atoms. The predicted molar refractivity (Wildman–Crippen MR) is 87.6 cm³/mol. The van der Waals surface area contributed by atoms with Crippen molar-refractivity contribution in [3.05, 3.63) is 58.2 Å². The summed E-state index contributed by atoms with van der Waals surface area (Å²) in [6.45, 7) is 2.07. The smallest absolute Gasteiger partial charge is 0.0967 e. The molecule has 5 heteroatoms. The summed E-state index contributed by atoms with van der Waals surface area (Å²) in [5, 5.41) is 2.33. The maximum atomic E-state index is 6.30. The second-order valence-corrected chi connectivity index (χ2v) is 6.45. The van der Waals surface area contributed by atoms with E-state index < -0.39 is 0 Å². The van der Waals surface area contributed by atoms with Crippen LogP contribution in [-0.2, 0) is 0 Å². The number of rotatable bonds is 5. The number of nitrogens with zero attached hydrogens (tertiary/aromatic N) is 1. The molecule has 0 aliphatic rings. The van der Waals surface area contributed by atoms with E-state index in [9.17, 15) is 0 Å². The monoisotopic (exact) mass is 326 g/mol. The molecule has 0 saturated carbocycles. The third-order valence-electron chi connectivity index (χ3n) is 3.02. The zero-order valence-electron chi connectivity index (χ0n) is 11.1. The second-order valence-electron chi connectivity index (χ2n) is 4.45. The fourth-order valence-corrected chi connectivity index (χ4v) is 3.51. The first-order chi connectivity index (χ1) is 9.61. The van der Waals surface area contributed by atoms with Gasteiger partial charge in [-0.3, -0.25) is 0 Å². The van der Waals surface area contributed by atoms with Crippen molar-refractivity contribution in [2.24, 2.45) is 5.73 Å². The quantitative estimate of drug-likeness (QED) is 0.789.